The number of hydrogen-bond donors (Lipinski definition) is 1. The van der Waals surface area contributed by atoms with E-state index in [1.165, 1.54) is 0 Å². The zero-order valence-electron chi connectivity index (χ0n) is 12.5. The number of fused-ring (bicyclic) bond motifs is 1. The quantitative estimate of drug-likeness (QED) is 0.879. The number of anilines is 1. The molecule has 2 aromatic rings. The van der Waals surface area contributed by atoms with Gasteiger partial charge in [0.25, 0.3) is 0 Å². The maximum Gasteiger partial charge on any atom is 0.0723 e. The molecule has 4 nitrogen and oxygen atoms in total. The molecule has 0 spiro atoms. The van der Waals surface area contributed by atoms with E-state index in [-0.39, 0.29) is 6.10 Å². The van der Waals surface area contributed by atoms with Crippen LogP contribution in [0.1, 0.15) is 19.4 Å². The van der Waals surface area contributed by atoms with Crippen LogP contribution < -0.4 is 10.6 Å². The molecule has 0 saturated heterocycles. The van der Waals surface area contributed by atoms with E-state index < -0.39 is 0 Å². The fourth-order valence-corrected chi connectivity index (χ4v) is 2.31. The molecule has 0 aliphatic rings. The van der Waals surface area contributed by atoms with Crippen LogP contribution in [0.15, 0.2) is 30.5 Å². The highest BCUT2D eigenvalue weighted by Gasteiger charge is 2.12. The summed E-state index contributed by atoms with van der Waals surface area (Å²) in [7, 11) is 2.07. The number of pyridine rings is 1. The zero-order chi connectivity index (χ0) is 14.5. The topological polar surface area (TPSA) is 51.4 Å². The summed E-state index contributed by atoms with van der Waals surface area (Å²) in [5, 5.41) is 1.14. The van der Waals surface area contributed by atoms with E-state index in [1.807, 2.05) is 38.2 Å². The number of likely N-dealkylation sites (N-methyl/N-ethyl adjacent to an activating group) is 1. The predicted molar refractivity (Wildman–Crippen MR) is 84.0 cm³/mol. The molecule has 1 aromatic heterocycles. The second kappa shape index (κ2) is 6.68. The van der Waals surface area contributed by atoms with Crippen LogP contribution in [0, 0.1) is 0 Å². The molecule has 2 rings (SSSR count). The molecule has 0 radical (unpaired) electrons. The van der Waals surface area contributed by atoms with Crippen LogP contribution in [0.3, 0.4) is 0 Å². The Hall–Kier alpha value is -1.65. The summed E-state index contributed by atoms with van der Waals surface area (Å²) in [6, 6.07) is 8.16. The van der Waals surface area contributed by atoms with Crippen LogP contribution >= 0.6 is 0 Å². The Morgan fingerprint density at radius 2 is 2.05 bits per heavy atom. The van der Waals surface area contributed by atoms with Crippen LogP contribution in [0.25, 0.3) is 10.9 Å². The average molecular weight is 273 g/mol. The van der Waals surface area contributed by atoms with Gasteiger partial charge in [-0.2, -0.15) is 0 Å². The molecule has 0 atom stereocenters. The summed E-state index contributed by atoms with van der Waals surface area (Å²) in [4.78, 5) is 6.67. The molecule has 4 heteroatoms. The standard InChI is InChI=1S/C16H23N3O/c1-12(2)20-9-8-19(3)16-13(10-17)11-18-15-7-5-4-6-14(15)16/h4-7,11-12H,8-10,17H2,1-3H3. The minimum absolute atomic E-state index is 0.256. The van der Waals surface area contributed by atoms with Gasteiger partial charge in [0.1, 0.15) is 0 Å². The summed E-state index contributed by atoms with van der Waals surface area (Å²) in [6.45, 7) is 6.12. The van der Waals surface area contributed by atoms with E-state index in [9.17, 15) is 0 Å². The fraction of sp³-hybridized carbons (Fsp3) is 0.438. The molecule has 1 aromatic carbocycles. The molecule has 1 heterocycles. The minimum Gasteiger partial charge on any atom is -0.377 e. The first-order chi connectivity index (χ1) is 9.63. The van der Waals surface area contributed by atoms with Gasteiger partial charge in [-0.3, -0.25) is 4.98 Å². The Balaban J connectivity index is 2.30. The molecular formula is C16H23N3O. The number of ether oxygens (including phenoxy) is 1. The lowest BCUT2D eigenvalue weighted by atomic mass is 10.1. The molecule has 0 aliphatic carbocycles. The molecule has 0 unspecified atom stereocenters. The summed E-state index contributed by atoms with van der Waals surface area (Å²) < 4.78 is 5.63. The van der Waals surface area contributed by atoms with Crippen molar-refractivity contribution in [3.05, 3.63) is 36.0 Å². The first kappa shape index (κ1) is 14.8. The smallest absolute Gasteiger partial charge is 0.0723 e. The molecule has 20 heavy (non-hydrogen) atoms. The van der Waals surface area contributed by atoms with Crippen LogP contribution in [0.2, 0.25) is 0 Å². The Morgan fingerprint density at radius 3 is 2.75 bits per heavy atom. The first-order valence-electron chi connectivity index (χ1n) is 7.03. The predicted octanol–water partition coefficient (Wildman–Crippen LogP) is 2.55. The van der Waals surface area contributed by atoms with Gasteiger partial charge in [0.2, 0.25) is 0 Å². The van der Waals surface area contributed by atoms with E-state index >= 15 is 0 Å². The van der Waals surface area contributed by atoms with Gasteiger partial charge in [-0.15, -0.1) is 0 Å². The van der Waals surface area contributed by atoms with Gasteiger partial charge < -0.3 is 15.4 Å². The third-order valence-corrected chi connectivity index (χ3v) is 3.30. The van der Waals surface area contributed by atoms with E-state index in [2.05, 4.69) is 23.0 Å². The summed E-state index contributed by atoms with van der Waals surface area (Å²) >= 11 is 0. The zero-order valence-corrected chi connectivity index (χ0v) is 12.5. The number of aromatic nitrogens is 1. The van der Waals surface area contributed by atoms with E-state index in [0.717, 1.165) is 28.7 Å². The van der Waals surface area contributed by atoms with Crippen molar-refractivity contribution in [3.8, 4) is 0 Å². The molecule has 2 N–H and O–H groups in total. The molecule has 0 bridgehead atoms. The summed E-state index contributed by atoms with van der Waals surface area (Å²) in [5.74, 6) is 0. The van der Waals surface area contributed by atoms with Crippen molar-refractivity contribution in [2.24, 2.45) is 5.73 Å². The molecule has 0 aliphatic heterocycles. The summed E-state index contributed by atoms with van der Waals surface area (Å²) in [5.41, 5.74) is 9.08. The average Bonchev–Trinajstić information content (AvgIpc) is 2.45. The number of hydrogen-bond acceptors (Lipinski definition) is 4. The molecular weight excluding hydrogens is 250 g/mol. The van der Waals surface area contributed by atoms with E-state index in [0.29, 0.717) is 13.2 Å². The van der Waals surface area contributed by atoms with Crippen molar-refractivity contribution in [2.45, 2.75) is 26.5 Å². The second-order valence-corrected chi connectivity index (χ2v) is 5.19. The highest BCUT2D eigenvalue weighted by Crippen LogP contribution is 2.28. The van der Waals surface area contributed by atoms with Crippen molar-refractivity contribution in [2.75, 3.05) is 25.1 Å². The monoisotopic (exact) mass is 273 g/mol. The van der Waals surface area contributed by atoms with Gasteiger partial charge in [-0.1, -0.05) is 18.2 Å². The molecule has 0 fully saturated rings. The third-order valence-electron chi connectivity index (χ3n) is 3.30. The van der Waals surface area contributed by atoms with Crippen LogP contribution in [-0.2, 0) is 11.3 Å². The van der Waals surface area contributed by atoms with E-state index in [1.54, 1.807) is 0 Å². The van der Waals surface area contributed by atoms with Gasteiger partial charge in [-0.05, 0) is 19.9 Å². The van der Waals surface area contributed by atoms with Gasteiger partial charge in [0.05, 0.1) is 23.9 Å². The van der Waals surface area contributed by atoms with Crippen molar-refractivity contribution < 1.29 is 4.74 Å². The number of para-hydroxylation sites is 1. The third kappa shape index (κ3) is 3.26. The molecule has 0 amide bonds. The number of nitrogens with two attached hydrogens (primary N) is 1. The Kier molecular flexibility index (Phi) is 4.93. The highest BCUT2D eigenvalue weighted by atomic mass is 16.5. The minimum atomic E-state index is 0.256. The Bertz CT molecular complexity index is 569. The first-order valence-corrected chi connectivity index (χ1v) is 7.03. The SMILES string of the molecule is CC(C)OCCN(C)c1c(CN)cnc2ccccc12. The van der Waals surface area contributed by atoms with Crippen molar-refractivity contribution in [3.63, 3.8) is 0 Å². The van der Waals surface area contributed by atoms with Crippen molar-refractivity contribution in [1.29, 1.82) is 0 Å². The van der Waals surface area contributed by atoms with Gasteiger partial charge in [0.15, 0.2) is 0 Å². The maximum absolute atomic E-state index is 5.86. The lowest BCUT2D eigenvalue weighted by Gasteiger charge is -2.24. The normalized spacial score (nSPS) is 11.2. The lowest BCUT2D eigenvalue weighted by molar-refractivity contribution is 0.0846. The van der Waals surface area contributed by atoms with Gasteiger partial charge in [0, 0.05) is 37.3 Å². The van der Waals surface area contributed by atoms with Crippen molar-refractivity contribution in [1.82, 2.24) is 4.98 Å². The summed E-state index contributed by atoms with van der Waals surface area (Å²) in [6.07, 6.45) is 2.13. The number of nitrogens with zero attached hydrogens (tertiary/aromatic N) is 2. The number of benzene rings is 1. The largest absolute Gasteiger partial charge is 0.377 e. The lowest BCUT2D eigenvalue weighted by Crippen LogP contribution is -2.25. The van der Waals surface area contributed by atoms with E-state index in [4.69, 9.17) is 10.5 Å². The van der Waals surface area contributed by atoms with Gasteiger partial charge in [-0.25, -0.2) is 0 Å². The Morgan fingerprint density at radius 1 is 1.30 bits per heavy atom. The fourth-order valence-electron chi connectivity index (χ4n) is 2.31. The van der Waals surface area contributed by atoms with Gasteiger partial charge >= 0.3 is 0 Å². The van der Waals surface area contributed by atoms with Crippen LogP contribution in [0.4, 0.5) is 5.69 Å². The van der Waals surface area contributed by atoms with Crippen molar-refractivity contribution >= 4 is 16.6 Å². The second-order valence-electron chi connectivity index (χ2n) is 5.19. The van der Waals surface area contributed by atoms with Crippen LogP contribution in [0.5, 0.6) is 0 Å². The highest BCUT2D eigenvalue weighted by molar-refractivity contribution is 5.93. The van der Waals surface area contributed by atoms with Crippen LogP contribution in [-0.4, -0.2) is 31.3 Å². The number of rotatable bonds is 6. The Labute approximate surface area is 120 Å². The molecule has 0 saturated carbocycles. The molecule has 108 valence electrons. The maximum atomic E-state index is 5.86.